The van der Waals surface area contributed by atoms with E-state index in [1.807, 2.05) is 0 Å². The van der Waals surface area contributed by atoms with Crippen molar-refractivity contribution in [3.63, 3.8) is 0 Å². The fourth-order valence-corrected chi connectivity index (χ4v) is 7.14. The molecule has 0 aliphatic heterocycles. The monoisotopic (exact) mass is 848 g/mol. The highest BCUT2D eigenvalue weighted by Gasteiger charge is 2.25. The summed E-state index contributed by atoms with van der Waals surface area (Å²) in [5, 5.41) is 0. The molecule has 2 unspecified atom stereocenters. The van der Waals surface area contributed by atoms with E-state index in [-0.39, 0.29) is 32.3 Å². The average molecular weight is 848 g/mol. The number of unbranched alkanes of at least 4 members (excludes halogenated alkanes) is 20. The largest absolute Gasteiger partial charge is 0.472 e. The number of carbonyl (C=O) groups is 1. The molecule has 0 aromatic rings. The summed E-state index contributed by atoms with van der Waals surface area (Å²) in [6.45, 7) is 4.78. The molecule has 0 radical (unpaired) electrons. The molecule has 0 rings (SSSR count). The molecular formula is C50H90NO7P. The van der Waals surface area contributed by atoms with Crippen LogP contribution in [-0.4, -0.2) is 49.9 Å². The number of hydrogen-bond acceptors (Lipinski definition) is 7. The molecule has 0 saturated carbocycles. The summed E-state index contributed by atoms with van der Waals surface area (Å²) in [6, 6.07) is 0. The van der Waals surface area contributed by atoms with Gasteiger partial charge >= 0.3 is 13.8 Å². The second kappa shape index (κ2) is 47.0. The van der Waals surface area contributed by atoms with Crippen LogP contribution in [0.2, 0.25) is 0 Å². The Hall–Kier alpha value is -2.06. The summed E-state index contributed by atoms with van der Waals surface area (Å²) >= 11 is 0. The maximum absolute atomic E-state index is 12.6. The Bertz CT molecular complexity index is 1130. The van der Waals surface area contributed by atoms with Crippen molar-refractivity contribution in [2.75, 3.05) is 33.0 Å². The van der Waals surface area contributed by atoms with Crippen LogP contribution in [-0.2, 0) is 27.9 Å². The van der Waals surface area contributed by atoms with E-state index < -0.39 is 13.9 Å². The minimum atomic E-state index is -4.29. The third-order valence-electron chi connectivity index (χ3n) is 9.86. The Labute approximate surface area is 363 Å². The molecule has 0 aliphatic rings. The fraction of sp³-hybridized carbons (Fsp3) is 0.740. The molecule has 0 heterocycles. The van der Waals surface area contributed by atoms with E-state index in [0.29, 0.717) is 13.0 Å². The zero-order valence-electron chi connectivity index (χ0n) is 38.0. The minimum absolute atomic E-state index is 0.0931. The molecule has 0 aliphatic carbocycles. The lowest BCUT2D eigenvalue weighted by Gasteiger charge is -2.20. The van der Waals surface area contributed by atoms with Gasteiger partial charge < -0.3 is 20.1 Å². The summed E-state index contributed by atoms with van der Waals surface area (Å²) in [4.78, 5) is 22.6. The van der Waals surface area contributed by atoms with Crippen molar-refractivity contribution in [3.05, 3.63) is 72.9 Å². The first-order chi connectivity index (χ1) is 28.9. The van der Waals surface area contributed by atoms with E-state index in [0.717, 1.165) is 83.5 Å². The van der Waals surface area contributed by atoms with Gasteiger partial charge in [-0.1, -0.05) is 183 Å². The molecule has 2 atom stereocenters. The number of phosphoric ester groups is 1. The molecule has 0 fully saturated rings. The summed E-state index contributed by atoms with van der Waals surface area (Å²) in [7, 11) is -4.29. The number of phosphoric acid groups is 1. The Morgan fingerprint density at radius 2 is 0.949 bits per heavy atom. The highest BCUT2D eigenvalue weighted by Crippen LogP contribution is 2.43. The standard InChI is InChI=1S/C50H90NO7P/c1-3-5-7-9-11-13-15-17-19-21-23-24-25-27-29-31-33-35-37-39-41-43-50(52)58-49(48-57-59(53,54)56-46-44-51)47-55-45-42-40-38-36-34-32-30-28-26-22-20-18-16-14-12-10-8-6-4-2/h5,7,11,13,17,19-20,22-24,27,29,49H,3-4,6,8-10,12,14-16,18,21,25-26,28,30-48,51H2,1-2H3,(H,53,54)/b7-5-,13-11-,19-17-,22-20-,24-23-,29-27-. The molecule has 0 saturated heterocycles. The normalized spacial score (nSPS) is 14.0. The molecule has 0 spiro atoms. The van der Waals surface area contributed by atoms with Crippen LogP contribution in [0, 0.1) is 0 Å². The minimum Gasteiger partial charge on any atom is -0.457 e. The number of allylic oxidation sites excluding steroid dienone is 12. The lowest BCUT2D eigenvalue weighted by atomic mass is 10.1. The van der Waals surface area contributed by atoms with Gasteiger partial charge in [-0.25, -0.2) is 4.57 Å². The molecular weight excluding hydrogens is 758 g/mol. The van der Waals surface area contributed by atoms with Crippen LogP contribution in [0.25, 0.3) is 0 Å². The van der Waals surface area contributed by atoms with Gasteiger partial charge in [-0.2, -0.15) is 0 Å². The van der Waals surface area contributed by atoms with Crippen LogP contribution in [0.3, 0.4) is 0 Å². The topological polar surface area (TPSA) is 117 Å². The summed E-state index contributed by atoms with van der Waals surface area (Å²) in [6.07, 6.45) is 59.2. The second-order valence-electron chi connectivity index (χ2n) is 15.6. The number of rotatable bonds is 45. The maximum atomic E-state index is 12.6. The van der Waals surface area contributed by atoms with Gasteiger partial charge in [0.05, 0.1) is 19.8 Å². The number of esters is 1. The molecule has 3 N–H and O–H groups in total. The predicted octanol–water partition coefficient (Wildman–Crippen LogP) is 14.7. The molecule has 0 aromatic heterocycles. The fourth-order valence-electron chi connectivity index (χ4n) is 6.37. The van der Waals surface area contributed by atoms with Crippen molar-refractivity contribution < 1.29 is 32.8 Å². The van der Waals surface area contributed by atoms with E-state index in [4.69, 9.17) is 24.3 Å². The van der Waals surface area contributed by atoms with E-state index >= 15 is 0 Å². The molecule has 342 valence electrons. The van der Waals surface area contributed by atoms with Crippen LogP contribution >= 0.6 is 7.82 Å². The third kappa shape index (κ3) is 46.9. The van der Waals surface area contributed by atoms with Crippen LogP contribution in [0.5, 0.6) is 0 Å². The van der Waals surface area contributed by atoms with Gasteiger partial charge in [0.15, 0.2) is 0 Å². The molecule has 0 amide bonds. The van der Waals surface area contributed by atoms with Crippen molar-refractivity contribution in [2.45, 2.75) is 206 Å². The number of carbonyl (C=O) groups excluding carboxylic acids is 1. The number of hydrogen-bond donors (Lipinski definition) is 2. The first kappa shape index (κ1) is 56.9. The average Bonchev–Trinajstić information content (AvgIpc) is 3.23. The van der Waals surface area contributed by atoms with Crippen molar-refractivity contribution in [1.29, 1.82) is 0 Å². The third-order valence-corrected chi connectivity index (χ3v) is 10.8. The highest BCUT2D eigenvalue weighted by molar-refractivity contribution is 7.47. The molecule has 59 heavy (non-hydrogen) atoms. The zero-order valence-corrected chi connectivity index (χ0v) is 38.9. The van der Waals surface area contributed by atoms with Crippen LogP contribution in [0.15, 0.2) is 72.9 Å². The van der Waals surface area contributed by atoms with Crippen molar-refractivity contribution in [2.24, 2.45) is 5.73 Å². The van der Waals surface area contributed by atoms with Gasteiger partial charge in [-0.15, -0.1) is 0 Å². The Morgan fingerprint density at radius 3 is 1.44 bits per heavy atom. The van der Waals surface area contributed by atoms with Crippen LogP contribution in [0.1, 0.15) is 200 Å². The Balaban J connectivity index is 4.05. The van der Waals surface area contributed by atoms with Gasteiger partial charge in [-0.3, -0.25) is 13.8 Å². The number of nitrogens with two attached hydrogens (primary N) is 1. The van der Waals surface area contributed by atoms with E-state index in [1.165, 1.54) is 96.3 Å². The van der Waals surface area contributed by atoms with Crippen molar-refractivity contribution in [1.82, 2.24) is 0 Å². The maximum Gasteiger partial charge on any atom is 0.472 e. The zero-order chi connectivity index (χ0) is 43.0. The molecule has 8 nitrogen and oxygen atoms in total. The number of ether oxygens (including phenoxy) is 2. The van der Waals surface area contributed by atoms with Crippen molar-refractivity contribution in [3.8, 4) is 0 Å². The van der Waals surface area contributed by atoms with Gasteiger partial charge in [0, 0.05) is 19.6 Å². The summed E-state index contributed by atoms with van der Waals surface area (Å²) < 4.78 is 33.5. The van der Waals surface area contributed by atoms with Crippen LogP contribution in [0.4, 0.5) is 0 Å². The van der Waals surface area contributed by atoms with E-state index in [2.05, 4.69) is 86.8 Å². The Kier molecular flexibility index (Phi) is 45.4. The van der Waals surface area contributed by atoms with Gasteiger partial charge in [0.2, 0.25) is 0 Å². The van der Waals surface area contributed by atoms with Gasteiger partial charge in [-0.05, 0) is 83.5 Å². The molecule has 0 bridgehead atoms. The summed E-state index contributed by atoms with van der Waals surface area (Å²) in [5.41, 5.74) is 5.38. The first-order valence-corrected chi connectivity index (χ1v) is 25.4. The predicted molar refractivity (Wildman–Crippen MR) is 252 cm³/mol. The van der Waals surface area contributed by atoms with E-state index in [1.54, 1.807) is 0 Å². The molecule has 0 aromatic carbocycles. The highest BCUT2D eigenvalue weighted by atomic mass is 31.2. The quantitative estimate of drug-likeness (QED) is 0.0269. The van der Waals surface area contributed by atoms with Gasteiger partial charge in [0.25, 0.3) is 0 Å². The van der Waals surface area contributed by atoms with E-state index in [9.17, 15) is 14.3 Å². The van der Waals surface area contributed by atoms with Crippen molar-refractivity contribution >= 4 is 13.8 Å². The lowest BCUT2D eigenvalue weighted by molar-refractivity contribution is -0.154. The second-order valence-corrected chi connectivity index (χ2v) is 17.0. The van der Waals surface area contributed by atoms with Crippen LogP contribution < -0.4 is 5.73 Å². The smallest absolute Gasteiger partial charge is 0.457 e. The lowest BCUT2D eigenvalue weighted by Crippen LogP contribution is -2.28. The Morgan fingerprint density at radius 1 is 0.525 bits per heavy atom. The molecule has 9 heteroatoms. The van der Waals surface area contributed by atoms with Gasteiger partial charge in [0.1, 0.15) is 6.10 Å². The SMILES string of the molecule is CC/C=C\C/C=C\C/C=C\C/C=C\C/C=C\CCCCCCCC(=O)OC(COCCCCCCCCCC/C=C\CCCCCCCCC)COP(=O)(O)OCCN. The first-order valence-electron chi connectivity index (χ1n) is 23.9. The summed E-state index contributed by atoms with van der Waals surface area (Å²) in [5.74, 6) is -0.351.